The number of aryl methyl sites for hydroxylation is 1. The Bertz CT molecular complexity index is 1160. The third kappa shape index (κ3) is 3.96. The normalized spacial score (nSPS) is 10.7. The minimum absolute atomic E-state index is 0.108. The molecule has 0 fully saturated rings. The number of aromatic nitrogens is 4. The number of para-hydroxylation sites is 1. The number of benzene rings is 2. The van der Waals surface area contributed by atoms with Gasteiger partial charge < -0.3 is 5.32 Å². The molecule has 0 unspecified atom stereocenters. The van der Waals surface area contributed by atoms with Crippen molar-refractivity contribution in [1.82, 2.24) is 25.3 Å². The second-order valence-electron chi connectivity index (χ2n) is 6.74. The zero-order valence-corrected chi connectivity index (χ0v) is 16.4. The quantitative estimate of drug-likeness (QED) is 0.531. The highest BCUT2D eigenvalue weighted by Crippen LogP contribution is 2.25. The first-order valence-electron chi connectivity index (χ1n) is 9.64. The largest absolute Gasteiger partial charge is 0.346 e. The molecule has 0 aliphatic rings. The van der Waals surface area contributed by atoms with E-state index in [0.717, 1.165) is 12.0 Å². The molecule has 2 aromatic carbocycles. The highest BCUT2D eigenvalue weighted by atomic mass is 19.1. The van der Waals surface area contributed by atoms with Crippen molar-refractivity contribution in [1.29, 1.82) is 0 Å². The summed E-state index contributed by atoms with van der Waals surface area (Å²) < 4.78 is 15.7. The van der Waals surface area contributed by atoms with Gasteiger partial charge in [-0.05, 0) is 41.8 Å². The predicted molar refractivity (Wildman–Crippen MR) is 112 cm³/mol. The first-order chi connectivity index (χ1) is 14.7. The highest BCUT2D eigenvalue weighted by Gasteiger charge is 2.23. The van der Waals surface area contributed by atoms with E-state index in [1.807, 2.05) is 24.3 Å². The van der Waals surface area contributed by atoms with Gasteiger partial charge in [-0.2, -0.15) is 0 Å². The SMILES string of the molecule is CCc1ccc(CNC(=O)c2nnn(-c3ccccc3F)c2-c2cccnc2)cc1. The first-order valence-corrected chi connectivity index (χ1v) is 9.64. The number of nitrogens with zero attached hydrogens (tertiary/aromatic N) is 4. The molecule has 0 spiro atoms. The molecule has 0 aliphatic carbocycles. The van der Waals surface area contributed by atoms with E-state index in [9.17, 15) is 9.18 Å². The van der Waals surface area contributed by atoms with Crippen LogP contribution in [-0.4, -0.2) is 25.9 Å². The van der Waals surface area contributed by atoms with Crippen molar-refractivity contribution in [2.24, 2.45) is 0 Å². The van der Waals surface area contributed by atoms with Crippen LogP contribution in [-0.2, 0) is 13.0 Å². The molecular weight excluding hydrogens is 381 g/mol. The van der Waals surface area contributed by atoms with Crippen LogP contribution in [0.4, 0.5) is 4.39 Å². The van der Waals surface area contributed by atoms with Gasteiger partial charge in [0.15, 0.2) is 5.69 Å². The van der Waals surface area contributed by atoms with Crippen LogP contribution >= 0.6 is 0 Å². The fourth-order valence-corrected chi connectivity index (χ4v) is 3.15. The van der Waals surface area contributed by atoms with Crippen LogP contribution in [0, 0.1) is 5.82 Å². The molecule has 0 radical (unpaired) electrons. The van der Waals surface area contributed by atoms with E-state index in [1.165, 1.54) is 16.3 Å². The number of carbonyl (C=O) groups excluding carboxylic acids is 1. The number of rotatable bonds is 6. The minimum Gasteiger partial charge on any atom is -0.346 e. The second-order valence-corrected chi connectivity index (χ2v) is 6.74. The van der Waals surface area contributed by atoms with Gasteiger partial charge in [-0.15, -0.1) is 5.10 Å². The maximum atomic E-state index is 14.4. The molecule has 0 aliphatic heterocycles. The summed E-state index contributed by atoms with van der Waals surface area (Å²) in [5, 5.41) is 11.0. The molecular formula is C23H20FN5O. The third-order valence-corrected chi connectivity index (χ3v) is 4.79. The highest BCUT2D eigenvalue weighted by molar-refractivity contribution is 5.98. The van der Waals surface area contributed by atoms with E-state index < -0.39 is 11.7 Å². The topological polar surface area (TPSA) is 72.7 Å². The van der Waals surface area contributed by atoms with Crippen molar-refractivity contribution in [3.63, 3.8) is 0 Å². The molecule has 6 nitrogen and oxygen atoms in total. The lowest BCUT2D eigenvalue weighted by Crippen LogP contribution is -2.24. The van der Waals surface area contributed by atoms with E-state index in [1.54, 1.807) is 42.7 Å². The lowest BCUT2D eigenvalue weighted by atomic mass is 10.1. The van der Waals surface area contributed by atoms with Crippen molar-refractivity contribution in [2.45, 2.75) is 19.9 Å². The summed E-state index contributed by atoms with van der Waals surface area (Å²) in [6.45, 7) is 2.44. The monoisotopic (exact) mass is 401 g/mol. The summed E-state index contributed by atoms with van der Waals surface area (Å²) in [4.78, 5) is 17.0. The molecule has 1 N–H and O–H groups in total. The number of nitrogens with one attached hydrogen (secondary N) is 1. The standard InChI is InChI=1S/C23H20FN5O/c1-2-16-9-11-17(12-10-16)14-26-23(30)21-22(18-6-5-13-25-15-18)29(28-27-21)20-8-4-3-7-19(20)24/h3-13,15H,2,14H2,1H3,(H,26,30). The van der Waals surface area contributed by atoms with Gasteiger partial charge in [0.25, 0.3) is 5.91 Å². The van der Waals surface area contributed by atoms with Crippen LogP contribution in [0.25, 0.3) is 16.9 Å². The number of amides is 1. The second kappa shape index (κ2) is 8.65. The Morgan fingerprint density at radius 3 is 2.50 bits per heavy atom. The van der Waals surface area contributed by atoms with Gasteiger partial charge in [0.05, 0.1) is 0 Å². The summed E-state index contributed by atoms with van der Waals surface area (Å²) in [6.07, 6.45) is 4.18. The third-order valence-electron chi connectivity index (χ3n) is 4.79. The van der Waals surface area contributed by atoms with E-state index in [-0.39, 0.29) is 11.4 Å². The minimum atomic E-state index is -0.462. The van der Waals surface area contributed by atoms with Gasteiger partial charge in [-0.1, -0.05) is 48.5 Å². The molecule has 4 aromatic rings. The summed E-state index contributed by atoms with van der Waals surface area (Å²) >= 11 is 0. The molecule has 2 heterocycles. The lowest BCUT2D eigenvalue weighted by Gasteiger charge is -2.09. The van der Waals surface area contributed by atoms with Crippen molar-refractivity contribution in [2.75, 3.05) is 0 Å². The molecule has 0 atom stereocenters. The zero-order valence-electron chi connectivity index (χ0n) is 16.4. The van der Waals surface area contributed by atoms with Crippen LogP contribution < -0.4 is 5.32 Å². The molecule has 0 saturated carbocycles. The van der Waals surface area contributed by atoms with E-state index in [2.05, 4.69) is 27.5 Å². The smallest absolute Gasteiger partial charge is 0.274 e. The molecule has 4 rings (SSSR count). The van der Waals surface area contributed by atoms with Crippen LogP contribution in [0.2, 0.25) is 0 Å². The Morgan fingerprint density at radius 2 is 1.80 bits per heavy atom. The Morgan fingerprint density at radius 1 is 1.03 bits per heavy atom. The van der Waals surface area contributed by atoms with Crippen molar-refractivity contribution < 1.29 is 9.18 Å². The van der Waals surface area contributed by atoms with Crippen LogP contribution in [0.15, 0.2) is 73.1 Å². The summed E-state index contributed by atoms with van der Waals surface area (Å²) in [5.74, 6) is -0.855. The maximum absolute atomic E-state index is 14.4. The van der Waals surface area contributed by atoms with Gasteiger partial charge >= 0.3 is 0 Å². The predicted octanol–water partition coefficient (Wildman–Crippen LogP) is 3.96. The van der Waals surface area contributed by atoms with E-state index in [4.69, 9.17) is 0 Å². The Balaban J connectivity index is 1.67. The Labute approximate surface area is 173 Å². The zero-order chi connectivity index (χ0) is 20.9. The molecule has 0 saturated heterocycles. The number of hydrogen-bond donors (Lipinski definition) is 1. The summed E-state index contributed by atoms with van der Waals surface area (Å²) in [7, 11) is 0. The molecule has 0 bridgehead atoms. The van der Waals surface area contributed by atoms with E-state index in [0.29, 0.717) is 17.8 Å². The summed E-state index contributed by atoms with van der Waals surface area (Å²) in [6, 6.07) is 17.8. The van der Waals surface area contributed by atoms with Crippen LogP contribution in [0.3, 0.4) is 0 Å². The molecule has 150 valence electrons. The van der Waals surface area contributed by atoms with E-state index >= 15 is 0 Å². The van der Waals surface area contributed by atoms with Gasteiger partial charge in [0, 0.05) is 24.5 Å². The van der Waals surface area contributed by atoms with Crippen LogP contribution in [0.5, 0.6) is 0 Å². The number of halogens is 1. The van der Waals surface area contributed by atoms with Crippen LogP contribution in [0.1, 0.15) is 28.5 Å². The van der Waals surface area contributed by atoms with Crippen molar-refractivity contribution in [3.05, 3.63) is 95.7 Å². The average Bonchev–Trinajstić information content (AvgIpc) is 3.24. The maximum Gasteiger partial charge on any atom is 0.274 e. The van der Waals surface area contributed by atoms with Gasteiger partial charge in [-0.25, -0.2) is 9.07 Å². The number of pyridine rings is 1. The fourth-order valence-electron chi connectivity index (χ4n) is 3.15. The van der Waals surface area contributed by atoms with Gasteiger partial charge in [0.1, 0.15) is 17.2 Å². The van der Waals surface area contributed by atoms with Gasteiger partial charge in [-0.3, -0.25) is 9.78 Å². The Kier molecular flexibility index (Phi) is 5.61. The summed E-state index contributed by atoms with van der Waals surface area (Å²) in [5.41, 5.74) is 3.52. The number of carbonyl (C=O) groups is 1. The average molecular weight is 401 g/mol. The molecule has 7 heteroatoms. The van der Waals surface area contributed by atoms with Gasteiger partial charge in [0.2, 0.25) is 0 Å². The van der Waals surface area contributed by atoms with Crippen molar-refractivity contribution >= 4 is 5.91 Å². The Hall–Kier alpha value is -3.87. The fraction of sp³-hybridized carbons (Fsp3) is 0.130. The first kappa shape index (κ1) is 19.4. The number of hydrogen-bond acceptors (Lipinski definition) is 4. The lowest BCUT2D eigenvalue weighted by molar-refractivity contribution is 0.0946. The molecule has 2 aromatic heterocycles. The molecule has 30 heavy (non-hydrogen) atoms. The van der Waals surface area contributed by atoms with Crippen molar-refractivity contribution in [3.8, 4) is 16.9 Å². The molecule has 1 amide bonds.